The number of hydrogen-bond donors (Lipinski definition) is 1. The van der Waals surface area contributed by atoms with Gasteiger partial charge in [-0.2, -0.15) is 0 Å². The average Bonchev–Trinajstić information content (AvgIpc) is 3.83. The van der Waals surface area contributed by atoms with Gasteiger partial charge in [-0.05, 0) is 70.4 Å². The number of nitrogens with zero attached hydrogens (tertiary/aromatic N) is 2. The van der Waals surface area contributed by atoms with Crippen LogP contribution in [0.15, 0.2) is 64.7 Å². The van der Waals surface area contributed by atoms with Crippen LogP contribution in [0.4, 0.5) is 0 Å². The van der Waals surface area contributed by atoms with Crippen molar-refractivity contribution in [2.75, 3.05) is 20.3 Å². The topological polar surface area (TPSA) is 71.4 Å². The zero-order valence-electron chi connectivity index (χ0n) is 25.4. The third-order valence-electron chi connectivity index (χ3n) is 6.62. The number of rotatable bonds is 9. The molecule has 0 aromatic carbocycles. The first-order valence-electron chi connectivity index (χ1n) is 14.3. The lowest BCUT2D eigenvalue weighted by molar-refractivity contribution is -0.148. The molecule has 218 valence electrons. The normalized spacial score (nSPS) is 19.8. The molecule has 0 aromatic heterocycles. The number of ether oxygens (including phenoxy) is 2. The number of aliphatic hydroxyl groups excluding tert-OH is 1. The first-order chi connectivity index (χ1) is 18.9. The summed E-state index contributed by atoms with van der Waals surface area (Å²) in [6.45, 7) is 17.4. The maximum absolute atomic E-state index is 11.7. The van der Waals surface area contributed by atoms with Gasteiger partial charge in [-0.15, -0.1) is 12.8 Å². The van der Waals surface area contributed by atoms with E-state index in [1.54, 1.807) is 13.2 Å². The number of methoxy groups -OCH3 is 1. The number of aliphatic imine (C=N–C) groups is 1. The standard InChI is InChI=1S/C15H24O3.C14H20N2O.C2H6.C2H2/c1-4-11(3)13(7-6-10-16)14(5-2)18-15(17)12-8-9-12;1-11-7-4-5-10-16(11)13-8-6-9-14(17-3)15-12(13)2;2*1-2/h6-7,12,14,16H,4-5,8-10H2,1-3H3;6,8-9,13H,1,4-5,7,10H2,2-3H3;1-2H3;1-2H/b7-6-,13-11+;;;. The molecule has 1 saturated heterocycles. The first kappa shape index (κ1) is 36.0. The summed E-state index contributed by atoms with van der Waals surface area (Å²) in [7, 11) is 1.65. The Hall–Kier alpha value is -3.04. The first-order valence-corrected chi connectivity index (χ1v) is 14.3. The van der Waals surface area contributed by atoms with Crippen molar-refractivity contribution in [3.63, 3.8) is 0 Å². The maximum atomic E-state index is 11.7. The maximum Gasteiger partial charge on any atom is 0.309 e. The van der Waals surface area contributed by atoms with Crippen molar-refractivity contribution in [1.82, 2.24) is 4.90 Å². The van der Waals surface area contributed by atoms with Gasteiger partial charge in [0.1, 0.15) is 6.10 Å². The molecular formula is C33H52N2O4. The number of aliphatic hydroxyl groups is 1. The molecule has 0 amide bonds. The van der Waals surface area contributed by atoms with E-state index in [9.17, 15) is 4.79 Å². The van der Waals surface area contributed by atoms with Crippen LogP contribution in [0.5, 0.6) is 0 Å². The molecule has 0 radical (unpaired) electrons. The van der Waals surface area contributed by atoms with E-state index in [4.69, 9.17) is 14.6 Å². The quantitative estimate of drug-likeness (QED) is 0.191. The Labute approximate surface area is 238 Å². The zero-order chi connectivity index (χ0) is 29.8. The monoisotopic (exact) mass is 540 g/mol. The van der Waals surface area contributed by atoms with Crippen molar-refractivity contribution in [2.24, 2.45) is 10.9 Å². The van der Waals surface area contributed by atoms with Gasteiger partial charge < -0.3 is 19.5 Å². The van der Waals surface area contributed by atoms with Crippen LogP contribution >= 0.6 is 0 Å². The van der Waals surface area contributed by atoms with Gasteiger partial charge in [-0.3, -0.25) is 4.79 Å². The van der Waals surface area contributed by atoms with E-state index in [-0.39, 0.29) is 30.6 Å². The molecule has 0 aromatic rings. The number of terminal acetylenes is 1. The van der Waals surface area contributed by atoms with E-state index >= 15 is 0 Å². The van der Waals surface area contributed by atoms with Crippen LogP contribution in [0.2, 0.25) is 0 Å². The molecule has 3 rings (SSSR count). The SMILES string of the molecule is C#C.C=C1CCCCN1C1C=CC=C(OC)N=C1C.CC.CC/C(C)=C(\C=C/CO)C(CC)OC(=O)C1CC1. The van der Waals surface area contributed by atoms with Gasteiger partial charge in [0.05, 0.1) is 25.7 Å². The minimum absolute atomic E-state index is 0.00744. The lowest BCUT2D eigenvalue weighted by atomic mass is 9.99. The van der Waals surface area contributed by atoms with Crippen molar-refractivity contribution in [3.05, 3.63) is 59.7 Å². The number of piperidine rings is 1. The van der Waals surface area contributed by atoms with Gasteiger partial charge in [-0.1, -0.05) is 64.2 Å². The van der Waals surface area contributed by atoms with E-state index in [2.05, 4.69) is 49.2 Å². The predicted octanol–water partition coefficient (Wildman–Crippen LogP) is 7.14. The molecule has 0 bridgehead atoms. The van der Waals surface area contributed by atoms with Gasteiger partial charge in [0.15, 0.2) is 0 Å². The van der Waals surface area contributed by atoms with Crippen molar-refractivity contribution >= 4 is 11.7 Å². The highest BCUT2D eigenvalue weighted by Gasteiger charge is 2.33. The molecule has 2 unspecified atom stereocenters. The van der Waals surface area contributed by atoms with Crippen molar-refractivity contribution in [3.8, 4) is 12.8 Å². The summed E-state index contributed by atoms with van der Waals surface area (Å²) in [6, 6.07) is 0.228. The van der Waals surface area contributed by atoms with Crippen LogP contribution in [-0.2, 0) is 14.3 Å². The van der Waals surface area contributed by atoms with E-state index in [0.29, 0.717) is 5.88 Å². The molecule has 2 heterocycles. The Morgan fingerprint density at radius 2 is 1.95 bits per heavy atom. The summed E-state index contributed by atoms with van der Waals surface area (Å²) in [6.07, 6.45) is 24.7. The molecule has 6 heteroatoms. The van der Waals surface area contributed by atoms with Gasteiger partial charge in [0.25, 0.3) is 0 Å². The van der Waals surface area contributed by atoms with Gasteiger partial charge in [0.2, 0.25) is 5.88 Å². The van der Waals surface area contributed by atoms with Crippen LogP contribution in [0.25, 0.3) is 0 Å². The molecule has 1 saturated carbocycles. The number of carbonyl (C=O) groups excluding carboxylic acids is 1. The van der Waals surface area contributed by atoms with Gasteiger partial charge in [0, 0.05) is 18.0 Å². The summed E-state index contributed by atoms with van der Waals surface area (Å²) in [4.78, 5) is 18.6. The highest BCUT2D eigenvalue weighted by molar-refractivity contribution is 5.90. The van der Waals surface area contributed by atoms with E-state index in [0.717, 1.165) is 49.9 Å². The molecule has 1 N–H and O–H groups in total. The number of likely N-dealkylation sites (tertiary alicyclic amines) is 1. The molecule has 0 spiro atoms. The molecule has 39 heavy (non-hydrogen) atoms. The fourth-order valence-corrected chi connectivity index (χ4v) is 4.18. The highest BCUT2D eigenvalue weighted by Crippen LogP contribution is 2.32. The Balaban J connectivity index is 0.000000657. The molecule has 2 atom stereocenters. The lowest BCUT2D eigenvalue weighted by Gasteiger charge is -2.36. The van der Waals surface area contributed by atoms with Crippen LogP contribution in [0.3, 0.4) is 0 Å². The van der Waals surface area contributed by atoms with Crippen molar-refractivity contribution < 1.29 is 19.4 Å². The van der Waals surface area contributed by atoms with Gasteiger partial charge in [-0.25, -0.2) is 4.99 Å². The minimum Gasteiger partial charge on any atom is -0.481 e. The smallest absolute Gasteiger partial charge is 0.309 e. The molecule has 3 aliphatic rings. The average molecular weight is 541 g/mol. The molecule has 2 aliphatic heterocycles. The highest BCUT2D eigenvalue weighted by atomic mass is 16.5. The largest absolute Gasteiger partial charge is 0.481 e. The summed E-state index contributed by atoms with van der Waals surface area (Å²) >= 11 is 0. The minimum atomic E-state index is -0.180. The fraction of sp³-hybridized carbons (Fsp3) is 0.576. The summed E-state index contributed by atoms with van der Waals surface area (Å²) in [5, 5.41) is 8.89. The predicted molar refractivity (Wildman–Crippen MR) is 164 cm³/mol. The molecule has 6 nitrogen and oxygen atoms in total. The molecule has 2 fully saturated rings. The molecular weight excluding hydrogens is 488 g/mol. The number of esters is 1. The Bertz CT molecular complexity index is 919. The van der Waals surface area contributed by atoms with Crippen molar-refractivity contribution in [1.29, 1.82) is 0 Å². The van der Waals surface area contributed by atoms with Gasteiger partial charge >= 0.3 is 5.97 Å². The molecule has 1 aliphatic carbocycles. The second kappa shape index (κ2) is 20.9. The van der Waals surface area contributed by atoms with Crippen LogP contribution in [0, 0.1) is 18.8 Å². The Morgan fingerprint density at radius 3 is 2.46 bits per heavy atom. The summed E-state index contributed by atoms with van der Waals surface area (Å²) < 4.78 is 10.8. The van der Waals surface area contributed by atoms with E-state index < -0.39 is 0 Å². The third-order valence-corrected chi connectivity index (χ3v) is 6.62. The number of carbonyl (C=O) groups is 1. The fourth-order valence-electron chi connectivity index (χ4n) is 4.18. The number of allylic oxidation sites excluding steroid dienone is 4. The summed E-state index contributed by atoms with van der Waals surface area (Å²) in [5.74, 6) is 0.730. The third kappa shape index (κ3) is 12.6. The second-order valence-corrected chi connectivity index (χ2v) is 9.29. The van der Waals surface area contributed by atoms with Crippen LogP contribution in [-0.4, -0.2) is 54.1 Å². The lowest BCUT2D eigenvalue weighted by Crippen LogP contribution is -2.40. The Morgan fingerprint density at radius 1 is 1.28 bits per heavy atom. The van der Waals surface area contributed by atoms with Crippen molar-refractivity contribution in [2.45, 2.75) is 98.6 Å². The van der Waals surface area contributed by atoms with E-state index in [1.165, 1.54) is 24.1 Å². The summed E-state index contributed by atoms with van der Waals surface area (Å²) in [5.41, 5.74) is 4.52. The second-order valence-electron chi connectivity index (χ2n) is 9.29. The van der Waals surface area contributed by atoms with Crippen LogP contribution in [0.1, 0.15) is 86.5 Å². The van der Waals surface area contributed by atoms with Crippen LogP contribution < -0.4 is 0 Å². The number of hydrogen-bond acceptors (Lipinski definition) is 6. The Kier molecular flexibility index (Phi) is 19.2. The zero-order valence-corrected chi connectivity index (χ0v) is 25.4. The van der Waals surface area contributed by atoms with E-state index in [1.807, 2.05) is 45.9 Å².